The number of amides is 1. The zero-order chi connectivity index (χ0) is 13.5. The first-order valence-corrected chi connectivity index (χ1v) is 5.95. The number of nitrogens with one attached hydrogen (secondary N) is 1. The number of esters is 1. The molecule has 0 fully saturated rings. The average molecular weight is 271 g/mol. The molecular formula is C10H13N3O4S. The van der Waals surface area contributed by atoms with Gasteiger partial charge >= 0.3 is 5.97 Å². The van der Waals surface area contributed by atoms with Gasteiger partial charge in [-0.2, -0.15) is 0 Å². The molecule has 0 radical (unpaired) electrons. The Kier molecular flexibility index (Phi) is 5.25. The van der Waals surface area contributed by atoms with E-state index < -0.39 is 5.97 Å². The molecule has 1 amide bonds. The van der Waals surface area contributed by atoms with Gasteiger partial charge in [0.1, 0.15) is 12.8 Å². The topological polar surface area (TPSA) is 89.9 Å². The highest BCUT2D eigenvalue weighted by Crippen LogP contribution is 2.16. The second kappa shape index (κ2) is 6.70. The predicted octanol–water partition coefficient (Wildman–Crippen LogP) is 1.02. The molecule has 0 atom stereocenters. The minimum Gasteiger partial charge on any atom is -0.464 e. The van der Waals surface area contributed by atoms with Crippen LogP contribution in [0.5, 0.6) is 0 Å². The lowest BCUT2D eigenvalue weighted by Gasteiger charge is -2.00. The molecule has 0 aliphatic carbocycles. The Hall–Kier alpha value is -1.96. The number of carbonyl (C=O) groups is 2. The van der Waals surface area contributed by atoms with E-state index >= 15 is 0 Å². The van der Waals surface area contributed by atoms with Gasteiger partial charge in [-0.3, -0.25) is 4.79 Å². The third-order valence-corrected chi connectivity index (χ3v) is 2.63. The number of hydrogen-bond donors (Lipinski definition) is 1. The highest BCUT2D eigenvalue weighted by Gasteiger charge is 2.19. The summed E-state index contributed by atoms with van der Waals surface area (Å²) in [5.41, 5.74) is 0.244. The molecule has 1 N–H and O–H groups in total. The van der Waals surface area contributed by atoms with E-state index in [4.69, 9.17) is 0 Å². The second-order valence-electron chi connectivity index (χ2n) is 3.05. The smallest absolute Gasteiger partial charge is 0.362 e. The second-order valence-corrected chi connectivity index (χ2v) is 3.91. The van der Waals surface area contributed by atoms with Crippen molar-refractivity contribution in [3.05, 3.63) is 11.1 Å². The van der Waals surface area contributed by atoms with Crippen LogP contribution >= 0.6 is 11.3 Å². The van der Waals surface area contributed by atoms with Gasteiger partial charge in [-0.05, 0) is 0 Å². The summed E-state index contributed by atoms with van der Waals surface area (Å²) in [5.74, 6) is -0.810. The van der Waals surface area contributed by atoms with Crippen molar-refractivity contribution in [1.82, 2.24) is 4.98 Å². The fraction of sp³-hybridized carbons (Fsp3) is 0.400. The van der Waals surface area contributed by atoms with Gasteiger partial charge < -0.3 is 14.9 Å². The van der Waals surface area contributed by atoms with Crippen molar-refractivity contribution in [2.24, 2.45) is 5.16 Å². The summed E-state index contributed by atoms with van der Waals surface area (Å²) in [4.78, 5) is 31.2. The van der Waals surface area contributed by atoms with E-state index in [1.165, 1.54) is 25.6 Å². The number of thiazole rings is 1. The van der Waals surface area contributed by atoms with E-state index in [1.54, 1.807) is 12.3 Å². The molecule has 8 heteroatoms. The molecule has 0 saturated heterocycles. The number of ether oxygens (including phenoxy) is 1. The summed E-state index contributed by atoms with van der Waals surface area (Å²) < 4.78 is 4.56. The molecule has 0 aromatic carbocycles. The largest absolute Gasteiger partial charge is 0.464 e. The number of methoxy groups -OCH3 is 1. The van der Waals surface area contributed by atoms with Gasteiger partial charge in [0.2, 0.25) is 11.6 Å². The molecule has 98 valence electrons. The minimum atomic E-state index is -0.657. The monoisotopic (exact) mass is 271 g/mol. The quantitative estimate of drug-likeness (QED) is 0.490. The molecule has 0 spiro atoms. The van der Waals surface area contributed by atoms with E-state index in [2.05, 4.69) is 25.0 Å². The van der Waals surface area contributed by atoms with Crippen LogP contribution in [-0.2, 0) is 19.2 Å². The molecule has 1 aromatic rings. The minimum absolute atomic E-state index is 0.0479. The van der Waals surface area contributed by atoms with Crippen molar-refractivity contribution in [3.8, 4) is 0 Å². The summed E-state index contributed by atoms with van der Waals surface area (Å²) in [5, 5.41) is 8.11. The fourth-order valence-corrected chi connectivity index (χ4v) is 1.74. The summed E-state index contributed by atoms with van der Waals surface area (Å²) >= 11 is 1.19. The first-order valence-electron chi connectivity index (χ1n) is 5.07. The SMILES string of the molecule is CCC(=O)Nc1nc(/C(=N/OC)C(=O)OC)cs1. The van der Waals surface area contributed by atoms with Crippen molar-refractivity contribution in [2.45, 2.75) is 13.3 Å². The molecule has 0 aliphatic rings. The number of nitrogens with zero attached hydrogens (tertiary/aromatic N) is 2. The van der Waals surface area contributed by atoms with Crippen LogP contribution in [0.4, 0.5) is 5.13 Å². The average Bonchev–Trinajstić information content (AvgIpc) is 2.83. The Labute approximate surface area is 108 Å². The molecular weight excluding hydrogens is 258 g/mol. The van der Waals surface area contributed by atoms with Gasteiger partial charge in [-0.25, -0.2) is 9.78 Å². The van der Waals surface area contributed by atoms with Crippen LogP contribution in [0.25, 0.3) is 0 Å². The van der Waals surface area contributed by atoms with Crippen molar-refractivity contribution in [2.75, 3.05) is 19.5 Å². The summed E-state index contributed by atoms with van der Waals surface area (Å²) in [6.45, 7) is 1.73. The lowest BCUT2D eigenvalue weighted by molar-refractivity contribution is -0.132. The van der Waals surface area contributed by atoms with Crippen molar-refractivity contribution in [1.29, 1.82) is 0 Å². The molecule has 1 rings (SSSR count). The van der Waals surface area contributed by atoms with E-state index in [9.17, 15) is 9.59 Å². The zero-order valence-corrected chi connectivity index (χ0v) is 11.0. The first kappa shape index (κ1) is 14.1. The summed E-state index contributed by atoms with van der Waals surface area (Å²) in [6.07, 6.45) is 0.352. The maximum atomic E-state index is 11.4. The molecule has 0 unspecified atom stereocenters. The van der Waals surface area contributed by atoms with Crippen LogP contribution in [0.1, 0.15) is 19.0 Å². The van der Waals surface area contributed by atoms with Crippen LogP contribution in [0.2, 0.25) is 0 Å². The molecule has 0 aliphatic heterocycles. The van der Waals surface area contributed by atoms with Crippen molar-refractivity contribution < 1.29 is 19.2 Å². The Morgan fingerprint density at radius 3 is 2.78 bits per heavy atom. The van der Waals surface area contributed by atoms with Gasteiger partial charge in [0.05, 0.1) is 7.11 Å². The Morgan fingerprint density at radius 2 is 2.22 bits per heavy atom. The van der Waals surface area contributed by atoms with Gasteiger partial charge in [0.15, 0.2) is 5.13 Å². The van der Waals surface area contributed by atoms with Gasteiger partial charge in [0, 0.05) is 11.8 Å². The van der Waals surface area contributed by atoms with E-state index in [0.717, 1.165) is 0 Å². The summed E-state index contributed by atoms with van der Waals surface area (Å²) in [6, 6.07) is 0. The van der Waals surface area contributed by atoms with Crippen molar-refractivity contribution >= 4 is 34.1 Å². The van der Waals surface area contributed by atoms with Gasteiger partial charge in [-0.1, -0.05) is 12.1 Å². The third-order valence-electron chi connectivity index (χ3n) is 1.88. The molecule has 0 saturated carbocycles. The molecule has 1 aromatic heterocycles. The summed E-state index contributed by atoms with van der Waals surface area (Å²) in [7, 11) is 2.55. The van der Waals surface area contributed by atoms with Crippen LogP contribution in [0, 0.1) is 0 Å². The van der Waals surface area contributed by atoms with E-state index in [1.807, 2.05) is 0 Å². The maximum absolute atomic E-state index is 11.4. The number of oxime groups is 1. The lowest BCUT2D eigenvalue weighted by Crippen LogP contribution is -2.18. The maximum Gasteiger partial charge on any atom is 0.362 e. The van der Waals surface area contributed by atoms with Crippen LogP contribution < -0.4 is 5.32 Å². The predicted molar refractivity (Wildman–Crippen MR) is 66.6 cm³/mol. The number of hydrogen-bond acceptors (Lipinski definition) is 7. The number of carbonyl (C=O) groups excluding carboxylic acids is 2. The zero-order valence-electron chi connectivity index (χ0n) is 10.2. The number of aromatic nitrogens is 1. The first-order chi connectivity index (χ1) is 8.62. The highest BCUT2D eigenvalue weighted by atomic mass is 32.1. The van der Waals surface area contributed by atoms with Crippen LogP contribution in [0.15, 0.2) is 10.5 Å². The molecule has 18 heavy (non-hydrogen) atoms. The third kappa shape index (κ3) is 3.52. The molecule has 7 nitrogen and oxygen atoms in total. The van der Waals surface area contributed by atoms with E-state index in [0.29, 0.717) is 17.2 Å². The molecule has 0 bridgehead atoms. The fourth-order valence-electron chi connectivity index (χ4n) is 1.02. The standard InChI is InChI=1S/C10H13N3O4S/c1-4-7(14)12-10-11-6(5-18-10)8(13-17-3)9(15)16-2/h5H,4H2,1-3H3,(H,11,12,14)/b13-8-. The van der Waals surface area contributed by atoms with E-state index in [-0.39, 0.29) is 11.6 Å². The number of rotatable bonds is 5. The Morgan fingerprint density at radius 1 is 1.50 bits per heavy atom. The normalized spacial score (nSPS) is 10.9. The number of anilines is 1. The highest BCUT2D eigenvalue weighted by molar-refractivity contribution is 7.14. The van der Waals surface area contributed by atoms with Crippen LogP contribution in [-0.4, -0.2) is 36.8 Å². The Bertz CT molecular complexity index is 469. The lowest BCUT2D eigenvalue weighted by atomic mass is 10.3. The Balaban J connectivity index is 2.91. The van der Waals surface area contributed by atoms with Crippen LogP contribution in [0.3, 0.4) is 0 Å². The molecule has 1 heterocycles. The van der Waals surface area contributed by atoms with Crippen molar-refractivity contribution in [3.63, 3.8) is 0 Å². The van der Waals surface area contributed by atoms with Gasteiger partial charge in [-0.15, -0.1) is 11.3 Å². The van der Waals surface area contributed by atoms with Gasteiger partial charge in [0.25, 0.3) is 0 Å².